The molecule has 0 radical (unpaired) electrons. The van der Waals surface area contributed by atoms with Gasteiger partial charge in [-0.2, -0.15) is 13.2 Å². The molecule has 1 aliphatic heterocycles. The summed E-state index contributed by atoms with van der Waals surface area (Å²) in [5, 5.41) is 3.08. The van der Waals surface area contributed by atoms with Crippen molar-refractivity contribution in [3.63, 3.8) is 0 Å². The van der Waals surface area contributed by atoms with Gasteiger partial charge in [0.1, 0.15) is 5.75 Å². The predicted molar refractivity (Wildman–Crippen MR) is 66.8 cm³/mol. The van der Waals surface area contributed by atoms with Crippen LogP contribution in [0.4, 0.5) is 13.2 Å². The zero-order chi connectivity index (χ0) is 14.8. The molecule has 1 aromatic carbocycles. The minimum atomic E-state index is -4.51. The highest BCUT2D eigenvalue weighted by Crippen LogP contribution is 2.32. The van der Waals surface area contributed by atoms with Gasteiger partial charge in [-0.05, 0) is 18.2 Å². The third kappa shape index (κ3) is 3.22. The van der Waals surface area contributed by atoms with Crippen LogP contribution in [-0.4, -0.2) is 44.1 Å². The van der Waals surface area contributed by atoms with Gasteiger partial charge in [0.2, 0.25) is 0 Å². The molecule has 0 saturated carbocycles. The lowest BCUT2D eigenvalue weighted by atomic mass is 10.1. The van der Waals surface area contributed by atoms with Crippen LogP contribution in [0.1, 0.15) is 15.9 Å². The summed E-state index contributed by atoms with van der Waals surface area (Å²) in [5.74, 6) is -0.380. The molecule has 110 valence electrons. The fraction of sp³-hybridized carbons (Fsp3) is 0.462. The van der Waals surface area contributed by atoms with E-state index in [2.05, 4.69) is 5.32 Å². The zero-order valence-corrected chi connectivity index (χ0v) is 11.0. The third-order valence-electron chi connectivity index (χ3n) is 3.12. The molecule has 1 N–H and O–H groups in total. The maximum atomic E-state index is 12.8. The van der Waals surface area contributed by atoms with Gasteiger partial charge in [-0.3, -0.25) is 4.79 Å². The summed E-state index contributed by atoms with van der Waals surface area (Å²) in [6, 6.07) is 3.08. The minimum Gasteiger partial charge on any atom is -0.497 e. The summed E-state index contributed by atoms with van der Waals surface area (Å²) in [6.45, 7) is 2.25. The van der Waals surface area contributed by atoms with Crippen LogP contribution < -0.4 is 10.1 Å². The van der Waals surface area contributed by atoms with Crippen molar-refractivity contribution < 1.29 is 22.7 Å². The highest BCUT2D eigenvalue weighted by Gasteiger charge is 2.32. The van der Waals surface area contributed by atoms with Gasteiger partial charge >= 0.3 is 6.18 Å². The summed E-state index contributed by atoms with van der Waals surface area (Å²) in [6.07, 6.45) is -4.51. The normalized spacial score (nSPS) is 16.1. The lowest BCUT2D eigenvalue weighted by molar-refractivity contribution is -0.137. The maximum Gasteiger partial charge on any atom is 0.416 e. The quantitative estimate of drug-likeness (QED) is 0.901. The smallest absolute Gasteiger partial charge is 0.416 e. The Kier molecular flexibility index (Phi) is 4.17. The molecule has 1 amide bonds. The molecule has 1 fully saturated rings. The van der Waals surface area contributed by atoms with Crippen molar-refractivity contribution >= 4 is 5.91 Å². The number of hydrogen-bond donors (Lipinski definition) is 1. The second-order valence-corrected chi connectivity index (χ2v) is 4.49. The Bertz CT molecular complexity index is 497. The standard InChI is InChI=1S/C13H15F3N2O2/c1-20-11-7-9(6-10(8-11)13(14,15)16)12(19)18-4-2-17-3-5-18/h6-8,17H,2-5H2,1H3. The van der Waals surface area contributed by atoms with Crippen LogP contribution in [0.5, 0.6) is 5.75 Å². The van der Waals surface area contributed by atoms with E-state index in [9.17, 15) is 18.0 Å². The summed E-state index contributed by atoms with van der Waals surface area (Å²) in [5.41, 5.74) is -0.881. The first kappa shape index (κ1) is 14.6. The summed E-state index contributed by atoms with van der Waals surface area (Å²) >= 11 is 0. The van der Waals surface area contributed by atoms with Gasteiger partial charge in [-0.15, -0.1) is 0 Å². The fourth-order valence-electron chi connectivity index (χ4n) is 2.05. The zero-order valence-electron chi connectivity index (χ0n) is 11.0. The number of rotatable bonds is 2. The molecule has 1 saturated heterocycles. The van der Waals surface area contributed by atoms with Gasteiger partial charge in [-0.1, -0.05) is 0 Å². The average molecular weight is 288 g/mol. The Hall–Kier alpha value is -1.76. The largest absolute Gasteiger partial charge is 0.497 e. The maximum absolute atomic E-state index is 12.8. The Labute approximate surface area is 114 Å². The average Bonchev–Trinajstić information content (AvgIpc) is 2.46. The highest BCUT2D eigenvalue weighted by atomic mass is 19.4. The monoisotopic (exact) mass is 288 g/mol. The molecule has 0 atom stereocenters. The van der Waals surface area contributed by atoms with E-state index in [-0.39, 0.29) is 11.3 Å². The SMILES string of the molecule is COc1cc(C(=O)N2CCNCC2)cc(C(F)(F)F)c1. The molecule has 0 aliphatic carbocycles. The molecule has 0 unspecified atom stereocenters. The molecular formula is C13H15F3N2O2. The van der Waals surface area contributed by atoms with E-state index in [4.69, 9.17) is 4.74 Å². The first-order chi connectivity index (χ1) is 9.41. The van der Waals surface area contributed by atoms with E-state index in [0.717, 1.165) is 12.1 Å². The number of carbonyl (C=O) groups is 1. The molecule has 7 heteroatoms. The lowest BCUT2D eigenvalue weighted by Crippen LogP contribution is -2.46. The fourth-order valence-corrected chi connectivity index (χ4v) is 2.05. The Morgan fingerprint density at radius 3 is 2.45 bits per heavy atom. The van der Waals surface area contributed by atoms with Crippen LogP contribution in [-0.2, 0) is 6.18 Å². The molecular weight excluding hydrogens is 273 g/mol. The molecule has 2 rings (SSSR count). The molecule has 1 heterocycles. The van der Waals surface area contributed by atoms with Crippen molar-refractivity contribution in [3.05, 3.63) is 29.3 Å². The summed E-state index contributed by atoms with van der Waals surface area (Å²) < 4.78 is 43.2. The number of methoxy groups -OCH3 is 1. The predicted octanol–water partition coefficient (Wildman–Crippen LogP) is 1.76. The number of amides is 1. The molecule has 1 aliphatic rings. The second kappa shape index (κ2) is 5.70. The Balaban J connectivity index is 2.32. The van der Waals surface area contributed by atoms with E-state index in [1.54, 1.807) is 0 Å². The number of carbonyl (C=O) groups excluding carboxylic acids is 1. The summed E-state index contributed by atoms with van der Waals surface area (Å²) in [7, 11) is 1.27. The lowest BCUT2D eigenvalue weighted by Gasteiger charge is -2.27. The van der Waals surface area contributed by atoms with Crippen LogP contribution >= 0.6 is 0 Å². The molecule has 0 bridgehead atoms. The van der Waals surface area contributed by atoms with Crippen LogP contribution in [0.15, 0.2) is 18.2 Å². The number of nitrogens with zero attached hydrogens (tertiary/aromatic N) is 1. The van der Waals surface area contributed by atoms with Gasteiger partial charge in [0, 0.05) is 31.7 Å². The molecule has 1 aromatic rings. The first-order valence-electron chi connectivity index (χ1n) is 6.18. The topological polar surface area (TPSA) is 41.6 Å². The minimum absolute atomic E-state index is 0.00132. The van der Waals surface area contributed by atoms with Crippen molar-refractivity contribution in [2.24, 2.45) is 0 Å². The van der Waals surface area contributed by atoms with Crippen molar-refractivity contribution in [3.8, 4) is 5.75 Å². The van der Waals surface area contributed by atoms with Gasteiger partial charge in [-0.25, -0.2) is 0 Å². The first-order valence-corrected chi connectivity index (χ1v) is 6.18. The van der Waals surface area contributed by atoms with E-state index >= 15 is 0 Å². The number of nitrogens with one attached hydrogen (secondary N) is 1. The Morgan fingerprint density at radius 2 is 1.90 bits per heavy atom. The van der Waals surface area contributed by atoms with E-state index in [1.807, 2.05) is 0 Å². The molecule has 4 nitrogen and oxygen atoms in total. The van der Waals surface area contributed by atoms with Crippen LogP contribution in [0, 0.1) is 0 Å². The van der Waals surface area contributed by atoms with Crippen molar-refractivity contribution in [2.45, 2.75) is 6.18 Å². The van der Waals surface area contributed by atoms with Crippen molar-refractivity contribution in [1.82, 2.24) is 10.2 Å². The number of alkyl halides is 3. The molecule has 20 heavy (non-hydrogen) atoms. The van der Waals surface area contributed by atoms with Gasteiger partial charge in [0.05, 0.1) is 12.7 Å². The molecule has 0 spiro atoms. The van der Waals surface area contributed by atoms with Gasteiger partial charge in [0.25, 0.3) is 5.91 Å². The number of hydrogen-bond acceptors (Lipinski definition) is 3. The number of piperazine rings is 1. The van der Waals surface area contributed by atoms with Crippen LogP contribution in [0.3, 0.4) is 0 Å². The van der Waals surface area contributed by atoms with Gasteiger partial charge < -0.3 is 15.0 Å². The van der Waals surface area contributed by atoms with E-state index < -0.39 is 17.6 Å². The Morgan fingerprint density at radius 1 is 1.25 bits per heavy atom. The van der Waals surface area contributed by atoms with Crippen LogP contribution in [0.2, 0.25) is 0 Å². The highest BCUT2D eigenvalue weighted by molar-refractivity contribution is 5.95. The summed E-state index contributed by atoms with van der Waals surface area (Å²) in [4.78, 5) is 13.8. The van der Waals surface area contributed by atoms with Crippen LogP contribution in [0.25, 0.3) is 0 Å². The van der Waals surface area contributed by atoms with Crippen molar-refractivity contribution in [2.75, 3.05) is 33.3 Å². The van der Waals surface area contributed by atoms with Crippen molar-refractivity contribution in [1.29, 1.82) is 0 Å². The van der Waals surface area contributed by atoms with Gasteiger partial charge in [0.15, 0.2) is 0 Å². The van der Waals surface area contributed by atoms with E-state index in [0.29, 0.717) is 26.2 Å². The number of ether oxygens (including phenoxy) is 1. The molecule has 0 aromatic heterocycles. The third-order valence-corrected chi connectivity index (χ3v) is 3.12. The number of halogens is 3. The van der Waals surface area contributed by atoms with E-state index in [1.165, 1.54) is 18.1 Å². The number of benzene rings is 1. The second-order valence-electron chi connectivity index (χ2n) is 4.49.